The third kappa shape index (κ3) is 11.9. The molecule has 4 N–H and O–H groups in total. The minimum absolute atomic E-state index is 0.188. The van der Waals surface area contributed by atoms with Crippen molar-refractivity contribution in [1.29, 1.82) is 0 Å². The summed E-state index contributed by atoms with van der Waals surface area (Å²) in [5, 5.41) is 7.86. The summed E-state index contributed by atoms with van der Waals surface area (Å²) in [5.74, 6) is -6.69. The highest BCUT2D eigenvalue weighted by Gasteiger charge is 2.40. The number of ether oxygens (including phenoxy) is 2. The zero-order valence-electron chi connectivity index (χ0n) is 23.2. The molecule has 0 spiro atoms. The molecule has 1 aromatic carbocycles. The minimum atomic E-state index is -5.30. The van der Waals surface area contributed by atoms with Crippen LogP contribution in [0, 0.1) is 0 Å². The van der Waals surface area contributed by atoms with E-state index in [2.05, 4.69) is 10.6 Å². The number of hydroxylamine groups is 2. The average molecular weight is 618 g/mol. The molecule has 43 heavy (non-hydrogen) atoms. The highest BCUT2D eigenvalue weighted by Crippen LogP contribution is 2.15. The van der Waals surface area contributed by atoms with Crippen molar-refractivity contribution in [2.24, 2.45) is 0 Å². The summed E-state index contributed by atoms with van der Waals surface area (Å²) in [7, 11) is 0. The molecule has 2 rings (SSSR count). The number of carbonyl (C=O) groups is 7. The lowest BCUT2D eigenvalue weighted by atomic mass is 10.2. The Bertz CT molecular complexity index is 1200. The van der Waals surface area contributed by atoms with Crippen molar-refractivity contribution in [2.75, 3.05) is 13.1 Å². The Hall–Kier alpha value is -4.90. The van der Waals surface area contributed by atoms with E-state index in [1.165, 1.54) is 26.1 Å². The molecule has 1 fully saturated rings. The Balaban J connectivity index is 2.14. The van der Waals surface area contributed by atoms with Crippen molar-refractivity contribution in [1.82, 2.24) is 26.3 Å². The number of rotatable bonds is 11. The van der Waals surface area contributed by atoms with Gasteiger partial charge < -0.3 is 35.6 Å². The fourth-order valence-electron chi connectivity index (χ4n) is 3.19. The predicted octanol–water partition coefficient (Wildman–Crippen LogP) is 0.577. The molecule has 0 saturated carbocycles. The van der Waals surface area contributed by atoms with Crippen LogP contribution in [0.15, 0.2) is 30.3 Å². The summed E-state index contributed by atoms with van der Waals surface area (Å²) in [4.78, 5) is 89.9. The predicted molar refractivity (Wildman–Crippen MR) is 136 cm³/mol. The van der Waals surface area contributed by atoms with Gasteiger partial charge in [0.1, 0.15) is 24.3 Å². The fourth-order valence-corrected chi connectivity index (χ4v) is 3.19. The normalized spacial score (nSPS) is 14.7. The second kappa shape index (κ2) is 14.8. The summed E-state index contributed by atoms with van der Waals surface area (Å²) < 4.78 is 48.1. The molecule has 0 unspecified atom stereocenters. The Morgan fingerprint density at radius 2 is 1.42 bits per heavy atom. The van der Waals surface area contributed by atoms with E-state index >= 15 is 0 Å². The first-order valence-corrected chi connectivity index (χ1v) is 12.6. The molecule has 1 heterocycles. The standard InChI is InChI=1S/C25H30F3N5O10/c1-24(2,3)42-23(40)32-16(20(37)43-33-17(34)9-10-18(33)35)12-29-19(36)15(11-30-21(38)25(26,27)28)31-22(39)41-13-14-7-5-4-6-8-14/h4-8,15-16H,9-13H2,1-3H3,(H,29,36)(H,30,38)(H,31,39)(H,32,40)/t15-,16-/m0/s1. The van der Waals surface area contributed by atoms with E-state index in [1.807, 2.05) is 5.32 Å². The number of halogens is 3. The molecule has 0 aromatic heterocycles. The molecule has 6 amide bonds. The van der Waals surface area contributed by atoms with Crippen LogP contribution >= 0.6 is 0 Å². The molecule has 236 valence electrons. The molecule has 18 heteroatoms. The van der Waals surface area contributed by atoms with Gasteiger partial charge in [-0.1, -0.05) is 30.3 Å². The van der Waals surface area contributed by atoms with E-state index in [1.54, 1.807) is 30.3 Å². The number of alkyl halides is 3. The fraction of sp³-hybridized carbons (Fsp3) is 0.480. The molecule has 1 saturated heterocycles. The van der Waals surface area contributed by atoms with Crippen molar-refractivity contribution in [3.63, 3.8) is 0 Å². The first-order valence-electron chi connectivity index (χ1n) is 12.6. The average Bonchev–Trinajstić information content (AvgIpc) is 3.22. The number of carbonyl (C=O) groups excluding carboxylic acids is 7. The van der Waals surface area contributed by atoms with Crippen LogP contribution in [0.3, 0.4) is 0 Å². The van der Waals surface area contributed by atoms with Crippen LogP contribution < -0.4 is 21.3 Å². The van der Waals surface area contributed by atoms with Crippen LogP contribution in [0.2, 0.25) is 0 Å². The van der Waals surface area contributed by atoms with E-state index in [0.29, 0.717) is 5.56 Å². The molecule has 15 nitrogen and oxygen atoms in total. The number of benzene rings is 1. The lowest BCUT2D eigenvalue weighted by Gasteiger charge is -2.25. The molecular weight excluding hydrogens is 587 g/mol. The maximum Gasteiger partial charge on any atom is 0.471 e. The first kappa shape index (κ1) is 34.3. The van der Waals surface area contributed by atoms with Crippen LogP contribution in [0.25, 0.3) is 0 Å². The Kier molecular flexibility index (Phi) is 11.8. The number of nitrogens with one attached hydrogen (secondary N) is 4. The maximum atomic E-state index is 12.9. The Labute approximate surface area is 242 Å². The van der Waals surface area contributed by atoms with E-state index in [0.717, 1.165) is 0 Å². The van der Waals surface area contributed by atoms with Gasteiger partial charge >= 0.3 is 30.2 Å². The number of hydrogen-bond acceptors (Lipinski definition) is 10. The molecule has 1 aliphatic heterocycles. The van der Waals surface area contributed by atoms with Gasteiger partial charge in [-0.2, -0.15) is 13.2 Å². The first-order chi connectivity index (χ1) is 20.0. The lowest BCUT2D eigenvalue weighted by molar-refractivity contribution is -0.198. The highest BCUT2D eigenvalue weighted by atomic mass is 19.4. The zero-order chi connectivity index (χ0) is 32.4. The van der Waals surface area contributed by atoms with Crippen LogP contribution in [-0.2, 0) is 44.9 Å². The van der Waals surface area contributed by atoms with Crippen LogP contribution in [0.4, 0.5) is 22.8 Å². The molecule has 0 bridgehead atoms. The van der Waals surface area contributed by atoms with Gasteiger partial charge in [-0.15, -0.1) is 5.06 Å². The van der Waals surface area contributed by atoms with Gasteiger partial charge in [-0.05, 0) is 26.3 Å². The van der Waals surface area contributed by atoms with Crippen molar-refractivity contribution >= 4 is 41.8 Å². The minimum Gasteiger partial charge on any atom is -0.445 e. The van der Waals surface area contributed by atoms with Crippen LogP contribution in [-0.4, -0.2) is 83.8 Å². The van der Waals surface area contributed by atoms with Crippen molar-refractivity contribution < 1.29 is 61.0 Å². The molecule has 1 aromatic rings. The second-order valence-corrected chi connectivity index (χ2v) is 9.90. The molecule has 1 aliphatic rings. The quantitative estimate of drug-likeness (QED) is 0.255. The summed E-state index contributed by atoms with van der Waals surface area (Å²) in [6.45, 7) is 2.37. The summed E-state index contributed by atoms with van der Waals surface area (Å²) >= 11 is 0. The highest BCUT2D eigenvalue weighted by molar-refractivity contribution is 6.02. The van der Waals surface area contributed by atoms with Gasteiger partial charge in [0.2, 0.25) is 5.91 Å². The van der Waals surface area contributed by atoms with Gasteiger partial charge in [0.25, 0.3) is 11.8 Å². The second-order valence-electron chi connectivity index (χ2n) is 9.90. The van der Waals surface area contributed by atoms with E-state index in [4.69, 9.17) is 14.3 Å². The van der Waals surface area contributed by atoms with Crippen molar-refractivity contribution in [3.8, 4) is 0 Å². The van der Waals surface area contributed by atoms with Crippen LogP contribution in [0.5, 0.6) is 0 Å². The number of imide groups is 1. The monoisotopic (exact) mass is 617 g/mol. The largest absolute Gasteiger partial charge is 0.471 e. The Morgan fingerprint density at radius 3 is 1.98 bits per heavy atom. The third-order valence-electron chi connectivity index (χ3n) is 5.19. The maximum absolute atomic E-state index is 12.9. The SMILES string of the molecule is CC(C)(C)OC(=O)N[C@@H](CNC(=O)[C@H](CNC(=O)C(F)(F)F)NC(=O)OCc1ccccc1)C(=O)ON1C(=O)CCC1=O. The summed E-state index contributed by atoms with van der Waals surface area (Å²) in [5.41, 5.74) is -0.484. The summed E-state index contributed by atoms with van der Waals surface area (Å²) in [6.07, 6.45) is -8.17. The van der Waals surface area contributed by atoms with E-state index in [9.17, 15) is 46.7 Å². The zero-order valence-corrected chi connectivity index (χ0v) is 23.2. The van der Waals surface area contributed by atoms with Gasteiger partial charge in [0.15, 0.2) is 0 Å². The molecule has 0 radical (unpaired) electrons. The van der Waals surface area contributed by atoms with Crippen molar-refractivity contribution in [3.05, 3.63) is 35.9 Å². The van der Waals surface area contributed by atoms with Crippen molar-refractivity contribution in [2.45, 2.75) is 64.1 Å². The van der Waals surface area contributed by atoms with Gasteiger partial charge in [0, 0.05) is 25.9 Å². The number of amides is 6. The number of hydrogen-bond donors (Lipinski definition) is 4. The number of nitrogens with zero attached hydrogens (tertiary/aromatic N) is 1. The van der Waals surface area contributed by atoms with Gasteiger partial charge in [-0.25, -0.2) is 14.4 Å². The molecular formula is C25H30F3N5O10. The topological polar surface area (TPSA) is 199 Å². The van der Waals surface area contributed by atoms with E-state index < -0.39 is 78.7 Å². The Morgan fingerprint density at radius 1 is 0.860 bits per heavy atom. The third-order valence-corrected chi connectivity index (χ3v) is 5.19. The van der Waals surface area contributed by atoms with E-state index in [-0.39, 0.29) is 24.5 Å². The molecule has 0 aliphatic carbocycles. The smallest absolute Gasteiger partial charge is 0.445 e. The number of alkyl carbamates (subject to hydrolysis) is 2. The van der Waals surface area contributed by atoms with Gasteiger partial charge in [0.05, 0.1) is 0 Å². The summed E-state index contributed by atoms with van der Waals surface area (Å²) in [6, 6.07) is 4.57. The lowest BCUT2D eigenvalue weighted by Crippen LogP contribution is -2.57. The molecule has 2 atom stereocenters. The van der Waals surface area contributed by atoms with Gasteiger partial charge in [-0.3, -0.25) is 19.2 Å². The van der Waals surface area contributed by atoms with Crippen LogP contribution in [0.1, 0.15) is 39.2 Å².